The second kappa shape index (κ2) is 12.6. The van der Waals surface area contributed by atoms with Gasteiger partial charge in [0.25, 0.3) is 0 Å². The van der Waals surface area contributed by atoms with Crippen LogP contribution in [0.1, 0.15) is 119 Å². The van der Waals surface area contributed by atoms with Gasteiger partial charge in [0.2, 0.25) is 0 Å². The first-order valence-corrected chi connectivity index (χ1v) is 18.6. The smallest absolute Gasteiger partial charge is 0.329 e. The van der Waals surface area contributed by atoms with Crippen LogP contribution in [0.3, 0.4) is 0 Å². The van der Waals surface area contributed by atoms with Crippen molar-refractivity contribution in [3.8, 4) is 0 Å². The summed E-state index contributed by atoms with van der Waals surface area (Å²) in [6.07, 6.45) is 15.2. The largest absolute Gasteiger partial charge is 0.472 e. The van der Waals surface area contributed by atoms with E-state index in [1.165, 1.54) is 57.8 Å². The summed E-state index contributed by atoms with van der Waals surface area (Å²) in [6.45, 7) is 16.0. The van der Waals surface area contributed by atoms with Crippen molar-refractivity contribution in [2.45, 2.75) is 125 Å². The van der Waals surface area contributed by atoms with Crippen LogP contribution in [0.4, 0.5) is 0 Å². The third kappa shape index (κ3) is 7.06. The summed E-state index contributed by atoms with van der Waals surface area (Å²) >= 11 is 0. The van der Waals surface area contributed by atoms with Gasteiger partial charge in [-0.25, -0.2) is 4.57 Å². The first kappa shape index (κ1) is 33.0. The second-order valence-corrected chi connectivity index (χ2v) is 18.1. The number of hydrogen-bond donors (Lipinski definition) is 1. The highest BCUT2D eigenvalue weighted by Gasteiger charge is 2.60. The molecular formula is C34H65NO4P+. The summed E-state index contributed by atoms with van der Waals surface area (Å²) in [5, 5.41) is 0. The van der Waals surface area contributed by atoms with Crippen LogP contribution in [0.5, 0.6) is 0 Å². The molecule has 11 atom stereocenters. The highest BCUT2D eigenvalue weighted by molar-refractivity contribution is 7.47. The van der Waals surface area contributed by atoms with Gasteiger partial charge < -0.3 is 9.38 Å². The number of hydrogen-bond acceptors (Lipinski definition) is 3. The molecule has 0 aromatic heterocycles. The van der Waals surface area contributed by atoms with E-state index >= 15 is 0 Å². The average molecular weight is 583 g/mol. The molecule has 0 aromatic carbocycles. The highest BCUT2D eigenvalue weighted by atomic mass is 31.2. The summed E-state index contributed by atoms with van der Waals surface area (Å²) in [7, 11) is 2.15. The van der Waals surface area contributed by atoms with E-state index in [-0.39, 0.29) is 12.7 Å². The Morgan fingerprint density at radius 1 is 0.925 bits per heavy atom. The molecule has 0 amide bonds. The van der Waals surface area contributed by atoms with Crippen LogP contribution in [0.2, 0.25) is 0 Å². The van der Waals surface area contributed by atoms with E-state index in [4.69, 9.17) is 9.05 Å². The molecule has 5 nitrogen and oxygen atoms in total. The van der Waals surface area contributed by atoms with Gasteiger partial charge in [0.05, 0.1) is 27.2 Å². The summed E-state index contributed by atoms with van der Waals surface area (Å²) in [6, 6.07) is 0. The number of phosphoric ester groups is 1. The number of quaternary nitrogens is 1. The molecule has 0 aliphatic heterocycles. The molecule has 11 unspecified atom stereocenters. The first-order valence-electron chi connectivity index (χ1n) is 17.1. The van der Waals surface area contributed by atoms with Gasteiger partial charge in [0.15, 0.2) is 0 Å². The highest BCUT2D eigenvalue weighted by Crippen LogP contribution is 2.69. The zero-order valence-corrected chi connectivity index (χ0v) is 28.6. The molecule has 40 heavy (non-hydrogen) atoms. The predicted molar refractivity (Wildman–Crippen MR) is 166 cm³/mol. The van der Waals surface area contributed by atoms with Crippen LogP contribution < -0.4 is 0 Å². The maximum atomic E-state index is 12.7. The Morgan fingerprint density at radius 2 is 1.60 bits per heavy atom. The molecule has 6 heteroatoms. The molecule has 0 spiro atoms. The van der Waals surface area contributed by atoms with Crippen molar-refractivity contribution in [1.29, 1.82) is 0 Å². The minimum absolute atomic E-state index is 0.155. The number of likely N-dealkylation sites (N-methyl/N-ethyl adjacent to an activating group) is 1. The molecule has 234 valence electrons. The summed E-state index contributed by atoms with van der Waals surface area (Å²) in [4.78, 5) is 10.4. The molecule has 4 saturated carbocycles. The molecule has 4 aliphatic rings. The van der Waals surface area contributed by atoms with Gasteiger partial charge in [-0.2, -0.15) is 0 Å². The molecule has 0 radical (unpaired) electrons. The van der Waals surface area contributed by atoms with Crippen molar-refractivity contribution in [1.82, 2.24) is 0 Å². The van der Waals surface area contributed by atoms with Crippen molar-refractivity contribution in [2.75, 3.05) is 34.3 Å². The van der Waals surface area contributed by atoms with Crippen molar-refractivity contribution < 1.29 is 23.0 Å². The molecule has 4 fully saturated rings. The Hall–Kier alpha value is 0.0700. The summed E-state index contributed by atoms with van der Waals surface area (Å²) < 4.78 is 24.6. The van der Waals surface area contributed by atoms with E-state index in [1.807, 2.05) is 0 Å². The average Bonchev–Trinajstić information content (AvgIpc) is 3.20. The maximum absolute atomic E-state index is 12.7. The van der Waals surface area contributed by atoms with Gasteiger partial charge in [-0.05, 0) is 122 Å². The Kier molecular flexibility index (Phi) is 10.4. The van der Waals surface area contributed by atoms with Gasteiger partial charge in [0, 0.05) is 0 Å². The monoisotopic (exact) mass is 582 g/mol. The second-order valence-electron chi connectivity index (χ2n) is 16.7. The van der Waals surface area contributed by atoms with Crippen LogP contribution in [-0.4, -0.2) is 49.8 Å². The van der Waals surface area contributed by atoms with Crippen molar-refractivity contribution in [3.05, 3.63) is 0 Å². The van der Waals surface area contributed by atoms with Gasteiger partial charge >= 0.3 is 7.82 Å². The number of fused-ring (bicyclic) bond motifs is 5. The molecule has 4 rings (SSSR count). The zero-order chi connectivity index (χ0) is 29.5. The van der Waals surface area contributed by atoms with Gasteiger partial charge in [0.1, 0.15) is 13.2 Å². The summed E-state index contributed by atoms with van der Waals surface area (Å²) in [5.74, 6) is 6.60. The first-order chi connectivity index (χ1) is 18.6. The lowest BCUT2D eigenvalue weighted by Gasteiger charge is -2.61. The molecule has 4 aliphatic carbocycles. The topological polar surface area (TPSA) is 55.8 Å². The number of rotatable bonds is 12. The molecule has 0 heterocycles. The fourth-order valence-corrected chi connectivity index (χ4v) is 11.6. The van der Waals surface area contributed by atoms with Crippen molar-refractivity contribution in [2.24, 2.45) is 58.2 Å². The van der Waals surface area contributed by atoms with E-state index in [2.05, 4.69) is 62.7 Å². The van der Waals surface area contributed by atoms with E-state index in [0.29, 0.717) is 27.8 Å². The predicted octanol–water partition coefficient (Wildman–Crippen LogP) is 8.95. The van der Waals surface area contributed by atoms with E-state index in [0.717, 1.165) is 60.7 Å². The fraction of sp³-hybridized carbons (Fsp3) is 1.00. The van der Waals surface area contributed by atoms with Crippen molar-refractivity contribution >= 4 is 7.82 Å². The van der Waals surface area contributed by atoms with Gasteiger partial charge in [-0.15, -0.1) is 0 Å². The lowest BCUT2D eigenvalue weighted by atomic mass is 9.44. The van der Waals surface area contributed by atoms with Crippen LogP contribution in [0.25, 0.3) is 0 Å². The third-order valence-corrected chi connectivity index (χ3v) is 14.2. The maximum Gasteiger partial charge on any atom is 0.472 e. The minimum atomic E-state index is -4.02. The molecule has 0 aromatic rings. The Balaban J connectivity index is 1.35. The SMILES string of the molecule is CCC(CCC(C)C1CCC2C3CCC4CC(OP(=O)(O)OCC[N+](C)(C)C)CCC4(C)C3CCC12C)C(C)C. The third-order valence-electron chi connectivity index (χ3n) is 13.1. The van der Waals surface area contributed by atoms with Crippen LogP contribution in [-0.2, 0) is 13.6 Å². The molecule has 0 saturated heterocycles. The quantitative estimate of drug-likeness (QED) is 0.184. The normalized spacial score (nSPS) is 41.1. The number of phosphoric acid groups is 1. The Morgan fingerprint density at radius 3 is 2.25 bits per heavy atom. The standard InChI is InChI=1S/C34H64NO4P/c1-10-26(24(2)3)12-11-25(4)30-15-16-31-29-14-13-27-23-28(39-40(36,37)38-22-21-35(7,8)9)17-19-33(27,5)32(29)18-20-34(30,31)6/h24-32H,10-23H2,1-9H3/p+1. The molecular weight excluding hydrogens is 517 g/mol. The lowest BCUT2D eigenvalue weighted by molar-refractivity contribution is -0.870. The minimum Gasteiger partial charge on any atom is -0.329 e. The zero-order valence-electron chi connectivity index (χ0n) is 27.7. The Labute approximate surface area is 247 Å². The van der Waals surface area contributed by atoms with E-state index < -0.39 is 7.82 Å². The van der Waals surface area contributed by atoms with Crippen LogP contribution >= 0.6 is 7.82 Å². The molecule has 1 N–H and O–H groups in total. The van der Waals surface area contributed by atoms with E-state index in [1.54, 1.807) is 0 Å². The summed E-state index contributed by atoms with van der Waals surface area (Å²) in [5.41, 5.74) is 0.875. The Bertz CT molecular complexity index is 888. The molecule has 0 bridgehead atoms. The lowest BCUT2D eigenvalue weighted by Crippen LogP contribution is -2.54. The van der Waals surface area contributed by atoms with Gasteiger partial charge in [-0.3, -0.25) is 9.05 Å². The van der Waals surface area contributed by atoms with Crippen LogP contribution in [0.15, 0.2) is 0 Å². The fourth-order valence-electron chi connectivity index (χ4n) is 10.6. The van der Waals surface area contributed by atoms with Crippen molar-refractivity contribution in [3.63, 3.8) is 0 Å². The van der Waals surface area contributed by atoms with Gasteiger partial charge in [-0.1, -0.05) is 54.4 Å². The number of nitrogens with zero attached hydrogens (tertiary/aromatic N) is 1. The van der Waals surface area contributed by atoms with E-state index in [9.17, 15) is 9.46 Å². The van der Waals surface area contributed by atoms with Crippen LogP contribution in [0, 0.1) is 58.2 Å².